The van der Waals surface area contributed by atoms with Crippen LogP contribution in [-0.4, -0.2) is 17.2 Å². The highest BCUT2D eigenvalue weighted by Gasteiger charge is 2.03. The van der Waals surface area contributed by atoms with E-state index in [1.807, 2.05) is 18.0 Å². The molecule has 0 N–H and O–H groups in total. The first-order chi connectivity index (χ1) is 8.15. The fraction of sp³-hybridized carbons (Fsp3) is 0.167. The van der Waals surface area contributed by atoms with Crippen LogP contribution in [0.15, 0.2) is 36.4 Å². The van der Waals surface area contributed by atoms with Gasteiger partial charge in [-0.25, -0.2) is 4.39 Å². The molecule has 5 heteroatoms. The van der Waals surface area contributed by atoms with Gasteiger partial charge in [0.1, 0.15) is 5.82 Å². The lowest BCUT2D eigenvalue weighted by atomic mass is 10.2. The lowest BCUT2D eigenvalue weighted by molar-refractivity contribution is 0.627. The molecular weight excluding hydrogens is 241 g/mol. The van der Waals surface area contributed by atoms with Crippen LogP contribution in [0, 0.1) is 5.82 Å². The largest absolute Gasteiger partial charge is 0.369 e. The van der Waals surface area contributed by atoms with Crippen LogP contribution in [-0.2, 0) is 6.54 Å². The van der Waals surface area contributed by atoms with Crippen molar-refractivity contribution >= 4 is 17.3 Å². The third-order valence-electron chi connectivity index (χ3n) is 2.35. The molecule has 3 nitrogen and oxygen atoms in total. The highest BCUT2D eigenvalue weighted by Crippen LogP contribution is 2.15. The molecule has 2 aromatic rings. The van der Waals surface area contributed by atoms with Gasteiger partial charge in [-0.1, -0.05) is 11.6 Å². The van der Waals surface area contributed by atoms with Crippen LogP contribution in [0.3, 0.4) is 0 Å². The molecule has 88 valence electrons. The smallest absolute Gasteiger partial charge is 0.151 e. The third kappa shape index (κ3) is 3.14. The van der Waals surface area contributed by atoms with Crippen LogP contribution in [0.1, 0.15) is 5.69 Å². The number of aromatic nitrogens is 2. The number of nitrogens with zero attached hydrogens (tertiary/aromatic N) is 3. The topological polar surface area (TPSA) is 29.0 Å². The molecule has 0 saturated carbocycles. The van der Waals surface area contributed by atoms with Gasteiger partial charge in [0.25, 0.3) is 0 Å². The maximum Gasteiger partial charge on any atom is 0.151 e. The summed E-state index contributed by atoms with van der Waals surface area (Å²) in [6.07, 6.45) is 0. The Hall–Kier alpha value is -1.68. The van der Waals surface area contributed by atoms with E-state index in [9.17, 15) is 4.39 Å². The Morgan fingerprint density at radius 3 is 2.41 bits per heavy atom. The fourth-order valence-corrected chi connectivity index (χ4v) is 1.56. The summed E-state index contributed by atoms with van der Waals surface area (Å²) in [5.74, 6) is -0.242. The summed E-state index contributed by atoms with van der Waals surface area (Å²) in [5, 5.41) is 8.11. The first-order valence-electron chi connectivity index (χ1n) is 5.10. The molecular formula is C12H11ClFN3. The summed E-state index contributed by atoms with van der Waals surface area (Å²) in [6, 6.07) is 9.81. The molecule has 0 aliphatic heterocycles. The van der Waals surface area contributed by atoms with Crippen molar-refractivity contribution in [1.29, 1.82) is 0 Å². The van der Waals surface area contributed by atoms with Gasteiger partial charge in [0.15, 0.2) is 5.15 Å². The first kappa shape index (κ1) is 11.8. The van der Waals surface area contributed by atoms with Gasteiger partial charge in [-0.05, 0) is 36.4 Å². The Morgan fingerprint density at radius 1 is 1.12 bits per heavy atom. The van der Waals surface area contributed by atoms with Crippen molar-refractivity contribution in [2.24, 2.45) is 0 Å². The molecule has 1 aromatic heterocycles. The second-order valence-corrected chi connectivity index (χ2v) is 4.07. The van der Waals surface area contributed by atoms with E-state index >= 15 is 0 Å². The SMILES string of the molecule is CN(Cc1ccc(Cl)nn1)c1ccc(F)cc1. The van der Waals surface area contributed by atoms with Crippen molar-refractivity contribution in [3.8, 4) is 0 Å². The van der Waals surface area contributed by atoms with E-state index in [0.29, 0.717) is 11.7 Å². The number of rotatable bonds is 3. The van der Waals surface area contributed by atoms with Crippen molar-refractivity contribution < 1.29 is 4.39 Å². The first-order valence-corrected chi connectivity index (χ1v) is 5.48. The summed E-state index contributed by atoms with van der Waals surface area (Å²) in [6.45, 7) is 0.593. The minimum absolute atomic E-state index is 0.242. The maximum atomic E-state index is 12.8. The number of hydrogen-bond donors (Lipinski definition) is 0. The highest BCUT2D eigenvalue weighted by molar-refractivity contribution is 6.29. The Morgan fingerprint density at radius 2 is 1.82 bits per heavy atom. The van der Waals surface area contributed by atoms with Gasteiger partial charge in [0, 0.05) is 12.7 Å². The van der Waals surface area contributed by atoms with Crippen LogP contribution in [0.25, 0.3) is 0 Å². The van der Waals surface area contributed by atoms with E-state index < -0.39 is 0 Å². The predicted molar refractivity (Wildman–Crippen MR) is 65.5 cm³/mol. The highest BCUT2D eigenvalue weighted by atomic mass is 35.5. The van der Waals surface area contributed by atoms with E-state index in [4.69, 9.17) is 11.6 Å². The van der Waals surface area contributed by atoms with Crippen molar-refractivity contribution in [1.82, 2.24) is 10.2 Å². The van der Waals surface area contributed by atoms with Gasteiger partial charge in [-0.2, -0.15) is 5.10 Å². The molecule has 0 spiro atoms. The normalized spacial score (nSPS) is 10.3. The number of benzene rings is 1. The summed E-state index contributed by atoms with van der Waals surface area (Å²) < 4.78 is 12.8. The van der Waals surface area contributed by atoms with Crippen LogP contribution in [0.4, 0.5) is 10.1 Å². The Balaban J connectivity index is 2.08. The van der Waals surface area contributed by atoms with Crippen molar-refractivity contribution in [2.45, 2.75) is 6.54 Å². The Kier molecular flexibility index (Phi) is 3.54. The van der Waals surface area contributed by atoms with Gasteiger partial charge in [0.05, 0.1) is 12.2 Å². The van der Waals surface area contributed by atoms with Crippen LogP contribution < -0.4 is 4.90 Å². The summed E-state index contributed by atoms with van der Waals surface area (Å²) in [4.78, 5) is 1.96. The molecule has 1 heterocycles. The lowest BCUT2D eigenvalue weighted by Gasteiger charge is -2.18. The number of anilines is 1. The zero-order valence-electron chi connectivity index (χ0n) is 9.27. The molecule has 0 bridgehead atoms. The maximum absolute atomic E-state index is 12.8. The second-order valence-electron chi connectivity index (χ2n) is 3.68. The van der Waals surface area contributed by atoms with Crippen molar-refractivity contribution in [2.75, 3.05) is 11.9 Å². The van der Waals surface area contributed by atoms with Gasteiger partial charge >= 0.3 is 0 Å². The van der Waals surface area contributed by atoms with Crippen molar-refractivity contribution in [3.05, 3.63) is 53.1 Å². The number of halogens is 2. The van der Waals surface area contributed by atoms with E-state index in [-0.39, 0.29) is 5.82 Å². The molecule has 0 fully saturated rings. The summed E-state index contributed by atoms with van der Waals surface area (Å²) in [5.41, 5.74) is 1.73. The van der Waals surface area contributed by atoms with Crippen LogP contribution in [0.5, 0.6) is 0 Å². The second kappa shape index (κ2) is 5.10. The molecule has 0 unspecified atom stereocenters. The third-order valence-corrected chi connectivity index (χ3v) is 2.56. The fourth-order valence-electron chi connectivity index (χ4n) is 1.46. The average Bonchev–Trinajstić information content (AvgIpc) is 2.33. The predicted octanol–water partition coefficient (Wildman–Crippen LogP) is 2.91. The summed E-state index contributed by atoms with van der Waals surface area (Å²) in [7, 11) is 1.91. The zero-order chi connectivity index (χ0) is 12.3. The molecule has 0 radical (unpaired) electrons. The summed E-state index contributed by atoms with van der Waals surface area (Å²) >= 11 is 5.65. The minimum atomic E-state index is -0.242. The van der Waals surface area contributed by atoms with Gasteiger partial charge in [-0.15, -0.1) is 5.10 Å². The standard InChI is InChI=1S/C12H11ClFN3/c1-17(11-5-2-9(14)3-6-11)8-10-4-7-12(13)16-15-10/h2-7H,8H2,1H3. The number of hydrogen-bond acceptors (Lipinski definition) is 3. The lowest BCUT2D eigenvalue weighted by Crippen LogP contribution is -2.17. The zero-order valence-corrected chi connectivity index (χ0v) is 10.0. The van der Waals surface area contributed by atoms with Gasteiger partial charge < -0.3 is 4.90 Å². The van der Waals surface area contributed by atoms with Crippen LogP contribution in [0.2, 0.25) is 5.15 Å². The van der Waals surface area contributed by atoms with E-state index in [1.54, 1.807) is 18.2 Å². The molecule has 0 amide bonds. The molecule has 0 aliphatic rings. The minimum Gasteiger partial charge on any atom is -0.369 e. The quantitative estimate of drug-likeness (QED) is 0.840. The monoisotopic (exact) mass is 251 g/mol. The molecule has 0 aliphatic carbocycles. The molecule has 2 rings (SSSR count). The van der Waals surface area contributed by atoms with Crippen molar-refractivity contribution in [3.63, 3.8) is 0 Å². The van der Waals surface area contributed by atoms with Gasteiger partial charge in [0.2, 0.25) is 0 Å². The van der Waals surface area contributed by atoms with E-state index in [0.717, 1.165) is 11.4 Å². The average molecular weight is 252 g/mol. The Bertz CT molecular complexity index is 484. The van der Waals surface area contributed by atoms with Gasteiger partial charge in [-0.3, -0.25) is 0 Å². The van der Waals surface area contributed by atoms with E-state index in [1.165, 1.54) is 12.1 Å². The van der Waals surface area contributed by atoms with E-state index in [2.05, 4.69) is 10.2 Å². The molecule has 1 aromatic carbocycles. The van der Waals surface area contributed by atoms with Crippen LogP contribution >= 0.6 is 11.6 Å². The molecule has 0 saturated heterocycles. The Labute approximate surface area is 104 Å². The molecule has 0 atom stereocenters. The molecule has 17 heavy (non-hydrogen) atoms.